The summed E-state index contributed by atoms with van der Waals surface area (Å²) in [5.41, 5.74) is 0.892. The van der Waals surface area contributed by atoms with Crippen LogP contribution in [0.25, 0.3) is 0 Å². The molecule has 0 radical (unpaired) electrons. The van der Waals surface area contributed by atoms with Crippen LogP contribution in [0, 0.1) is 0 Å². The monoisotopic (exact) mass is 567 g/mol. The minimum atomic E-state index is 0. The zero-order valence-electron chi connectivity index (χ0n) is 19.2. The molecule has 1 aromatic rings. The van der Waals surface area contributed by atoms with Crippen molar-refractivity contribution in [2.45, 2.75) is 19.3 Å². The standard InChI is InChI=1S/C22H37N3O6.HI/c1-26-14-16-28-10-3-8-23-22(24-9-4-11-29-17-15-27-2)25-19-6-7-20-21(18-19)31-13-5-12-30-20;/h6-7,18H,3-5,8-17H2,1-2H3,(H2,23,24,25);1H. The van der Waals surface area contributed by atoms with Crippen LogP contribution >= 0.6 is 24.0 Å². The maximum absolute atomic E-state index is 5.78. The van der Waals surface area contributed by atoms with Gasteiger partial charge in [-0.1, -0.05) is 0 Å². The summed E-state index contributed by atoms with van der Waals surface area (Å²) >= 11 is 0. The second-order valence-electron chi connectivity index (χ2n) is 6.91. The van der Waals surface area contributed by atoms with Gasteiger partial charge in [0.05, 0.1) is 39.6 Å². The Hall–Kier alpha value is -1.34. The molecule has 0 saturated carbocycles. The van der Waals surface area contributed by atoms with Gasteiger partial charge in [0.25, 0.3) is 0 Å². The summed E-state index contributed by atoms with van der Waals surface area (Å²) < 4.78 is 32.5. The lowest BCUT2D eigenvalue weighted by Gasteiger charge is -2.15. The normalized spacial score (nSPS) is 13.2. The lowest BCUT2D eigenvalue weighted by atomic mass is 10.2. The number of methoxy groups -OCH3 is 2. The number of aliphatic imine (C=N–C) groups is 1. The maximum atomic E-state index is 5.78. The average molecular weight is 567 g/mol. The van der Waals surface area contributed by atoms with Gasteiger partial charge < -0.3 is 39.1 Å². The van der Waals surface area contributed by atoms with E-state index in [-0.39, 0.29) is 24.0 Å². The number of halogens is 1. The van der Waals surface area contributed by atoms with Gasteiger partial charge in [-0.05, 0) is 25.0 Å². The van der Waals surface area contributed by atoms with Gasteiger partial charge in [0.1, 0.15) is 0 Å². The largest absolute Gasteiger partial charge is 0.490 e. The first-order valence-corrected chi connectivity index (χ1v) is 10.9. The van der Waals surface area contributed by atoms with E-state index in [1.165, 1.54) is 0 Å². The summed E-state index contributed by atoms with van der Waals surface area (Å²) in [6.07, 6.45) is 2.58. The van der Waals surface area contributed by atoms with Crippen molar-refractivity contribution in [2.24, 2.45) is 4.99 Å². The van der Waals surface area contributed by atoms with E-state index in [2.05, 4.69) is 15.6 Å². The molecule has 0 aliphatic carbocycles. The molecule has 0 amide bonds. The van der Waals surface area contributed by atoms with Crippen LogP contribution in [0.1, 0.15) is 19.3 Å². The molecule has 9 nitrogen and oxygen atoms in total. The van der Waals surface area contributed by atoms with Crippen LogP contribution in [0.5, 0.6) is 11.5 Å². The van der Waals surface area contributed by atoms with Gasteiger partial charge in [0, 0.05) is 58.7 Å². The van der Waals surface area contributed by atoms with Gasteiger partial charge in [-0.3, -0.25) is 4.99 Å². The van der Waals surface area contributed by atoms with E-state index in [0.29, 0.717) is 65.4 Å². The third-order valence-electron chi connectivity index (χ3n) is 4.35. The van der Waals surface area contributed by atoms with Crippen molar-refractivity contribution in [3.05, 3.63) is 18.2 Å². The minimum absolute atomic E-state index is 0. The highest BCUT2D eigenvalue weighted by atomic mass is 127. The smallest absolute Gasteiger partial charge is 0.195 e. The Kier molecular flexibility index (Phi) is 17.2. The van der Waals surface area contributed by atoms with Gasteiger partial charge in [-0.25, -0.2) is 0 Å². The topological polar surface area (TPSA) is 91.8 Å². The molecular formula is C22H38IN3O6. The van der Waals surface area contributed by atoms with E-state index >= 15 is 0 Å². The molecule has 1 heterocycles. The summed E-state index contributed by atoms with van der Waals surface area (Å²) in [6.45, 7) is 6.46. The molecule has 2 rings (SSSR count). The van der Waals surface area contributed by atoms with Gasteiger partial charge in [-0.15, -0.1) is 24.0 Å². The first-order valence-electron chi connectivity index (χ1n) is 10.9. The van der Waals surface area contributed by atoms with Crippen molar-refractivity contribution in [1.82, 2.24) is 5.32 Å². The molecule has 0 saturated heterocycles. The van der Waals surface area contributed by atoms with E-state index < -0.39 is 0 Å². The number of rotatable bonds is 15. The van der Waals surface area contributed by atoms with Gasteiger partial charge in [0.15, 0.2) is 17.5 Å². The molecule has 0 aromatic heterocycles. The SMILES string of the molecule is COCCOCCCN=C(NCCCOCCOC)Nc1ccc2c(c1)OCCCO2.I. The predicted octanol–water partition coefficient (Wildman–Crippen LogP) is 2.93. The van der Waals surface area contributed by atoms with Crippen molar-refractivity contribution in [3.8, 4) is 11.5 Å². The Morgan fingerprint density at radius 1 is 0.906 bits per heavy atom. The van der Waals surface area contributed by atoms with Crippen molar-refractivity contribution < 1.29 is 28.4 Å². The number of anilines is 1. The highest BCUT2D eigenvalue weighted by Crippen LogP contribution is 2.32. The second-order valence-corrected chi connectivity index (χ2v) is 6.91. The summed E-state index contributed by atoms with van der Waals surface area (Å²) in [5, 5.41) is 6.71. The molecule has 2 N–H and O–H groups in total. The van der Waals surface area contributed by atoms with Crippen LogP contribution in [0.15, 0.2) is 23.2 Å². The quantitative estimate of drug-likeness (QED) is 0.145. The zero-order valence-corrected chi connectivity index (χ0v) is 21.6. The van der Waals surface area contributed by atoms with Crippen LogP contribution in [-0.4, -0.2) is 86.1 Å². The van der Waals surface area contributed by atoms with E-state index in [4.69, 9.17) is 28.4 Å². The lowest BCUT2D eigenvalue weighted by Crippen LogP contribution is -2.32. The Labute approximate surface area is 208 Å². The molecule has 1 aromatic carbocycles. The van der Waals surface area contributed by atoms with E-state index in [1.807, 2.05) is 18.2 Å². The molecule has 184 valence electrons. The number of hydrogen-bond acceptors (Lipinski definition) is 7. The Balaban J connectivity index is 0.00000512. The number of benzene rings is 1. The Bertz CT molecular complexity index is 636. The van der Waals surface area contributed by atoms with E-state index in [9.17, 15) is 0 Å². The fourth-order valence-electron chi connectivity index (χ4n) is 2.74. The van der Waals surface area contributed by atoms with Crippen molar-refractivity contribution >= 4 is 35.6 Å². The number of hydrogen-bond donors (Lipinski definition) is 2. The third kappa shape index (κ3) is 12.6. The summed E-state index contributed by atoms with van der Waals surface area (Å²) in [5.74, 6) is 2.24. The molecular weight excluding hydrogens is 529 g/mol. The molecule has 0 spiro atoms. The summed E-state index contributed by atoms with van der Waals surface area (Å²) in [7, 11) is 3.33. The van der Waals surface area contributed by atoms with Crippen LogP contribution in [0.2, 0.25) is 0 Å². The fourth-order valence-corrected chi connectivity index (χ4v) is 2.74. The van der Waals surface area contributed by atoms with Crippen LogP contribution in [-0.2, 0) is 18.9 Å². The number of guanidine groups is 1. The number of ether oxygens (including phenoxy) is 6. The molecule has 1 aliphatic rings. The van der Waals surface area contributed by atoms with Crippen molar-refractivity contribution in [2.75, 3.05) is 85.5 Å². The summed E-state index contributed by atoms with van der Waals surface area (Å²) in [4.78, 5) is 4.66. The van der Waals surface area contributed by atoms with Gasteiger partial charge in [0.2, 0.25) is 0 Å². The number of nitrogens with zero attached hydrogens (tertiary/aromatic N) is 1. The zero-order chi connectivity index (χ0) is 22.0. The van der Waals surface area contributed by atoms with Crippen molar-refractivity contribution in [3.63, 3.8) is 0 Å². The van der Waals surface area contributed by atoms with Crippen LogP contribution in [0.3, 0.4) is 0 Å². The maximum Gasteiger partial charge on any atom is 0.195 e. The molecule has 0 atom stereocenters. The Morgan fingerprint density at radius 3 is 2.31 bits per heavy atom. The molecule has 0 fully saturated rings. The average Bonchev–Trinajstić information content (AvgIpc) is 3.02. The van der Waals surface area contributed by atoms with Gasteiger partial charge >= 0.3 is 0 Å². The molecule has 0 unspecified atom stereocenters. The Morgan fingerprint density at radius 2 is 1.59 bits per heavy atom. The number of fused-ring (bicyclic) bond motifs is 1. The third-order valence-corrected chi connectivity index (χ3v) is 4.35. The second kappa shape index (κ2) is 19.2. The number of nitrogens with one attached hydrogen (secondary N) is 2. The molecule has 32 heavy (non-hydrogen) atoms. The molecule has 10 heteroatoms. The van der Waals surface area contributed by atoms with E-state index in [0.717, 1.165) is 43.0 Å². The molecule has 0 bridgehead atoms. The van der Waals surface area contributed by atoms with Crippen molar-refractivity contribution in [1.29, 1.82) is 0 Å². The van der Waals surface area contributed by atoms with Crippen LogP contribution < -0.4 is 20.1 Å². The van der Waals surface area contributed by atoms with Crippen LogP contribution in [0.4, 0.5) is 5.69 Å². The first-order chi connectivity index (χ1) is 15.3. The summed E-state index contributed by atoms with van der Waals surface area (Å²) in [6, 6.07) is 5.83. The first kappa shape index (κ1) is 28.7. The van der Waals surface area contributed by atoms with E-state index in [1.54, 1.807) is 14.2 Å². The highest BCUT2D eigenvalue weighted by Gasteiger charge is 2.11. The molecule has 1 aliphatic heterocycles. The lowest BCUT2D eigenvalue weighted by molar-refractivity contribution is 0.0698. The minimum Gasteiger partial charge on any atom is -0.490 e. The predicted molar refractivity (Wildman–Crippen MR) is 136 cm³/mol. The van der Waals surface area contributed by atoms with Gasteiger partial charge in [-0.2, -0.15) is 0 Å². The highest BCUT2D eigenvalue weighted by molar-refractivity contribution is 14.0. The fraction of sp³-hybridized carbons (Fsp3) is 0.682.